The standard InChI is InChI=1S/C11H14FN.C8H9NO3/c12-11-3-1-9(2-4-11)10-5-7-13-8-6-10;1-9-5-2-3-6(8(11)12)7(10)4-5/h1-4,10,13H,5-8H2;2-4,9-10H,1H3,(H,11,12). The molecule has 134 valence electrons. The lowest BCUT2D eigenvalue weighted by molar-refractivity contribution is 0.0694. The Morgan fingerprint density at radius 2 is 1.80 bits per heavy atom. The van der Waals surface area contributed by atoms with Gasteiger partial charge in [-0.25, -0.2) is 9.18 Å². The first-order valence-electron chi connectivity index (χ1n) is 8.21. The highest BCUT2D eigenvalue weighted by Gasteiger charge is 2.14. The fourth-order valence-electron chi connectivity index (χ4n) is 2.76. The molecule has 2 aromatic rings. The first-order chi connectivity index (χ1) is 12.0. The molecular weight excluding hydrogens is 323 g/mol. The van der Waals surface area contributed by atoms with Crippen LogP contribution in [-0.2, 0) is 0 Å². The highest BCUT2D eigenvalue weighted by atomic mass is 19.1. The van der Waals surface area contributed by atoms with E-state index >= 15 is 0 Å². The average Bonchev–Trinajstić information content (AvgIpc) is 2.63. The zero-order chi connectivity index (χ0) is 18.2. The Balaban J connectivity index is 0.000000181. The summed E-state index contributed by atoms with van der Waals surface area (Å²) in [7, 11) is 1.69. The Kier molecular flexibility index (Phi) is 6.77. The van der Waals surface area contributed by atoms with Crippen molar-refractivity contribution in [2.24, 2.45) is 0 Å². The molecule has 0 amide bonds. The van der Waals surface area contributed by atoms with Crippen LogP contribution in [-0.4, -0.2) is 36.3 Å². The van der Waals surface area contributed by atoms with Crippen molar-refractivity contribution in [2.45, 2.75) is 18.8 Å². The predicted molar refractivity (Wildman–Crippen MR) is 95.9 cm³/mol. The highest BCUT2D eigenvalue weighted by molar-refractivity contribution is 5.91. The van der Waals surface area contributed by atoms with Crippen molar-refractivity contribution in [3.05, 3.63) is 59.4 Å². The van der Waals surface area contributed by atoms with Crippen molar-refractivity contribution in [3.8, 4) is 5.75 Å². The first-order valence-corrected chi connectivity index (χ1v) is 8.21. The number of aromatic carboxylic acids is 1. The van der Waals surface area contributed by atoms with Crippen molar-refractivity contribution in [1.82, 2.24) is 5.32 Å². The molecule has 0 bridgehead atoms. The van der Waals surface area contributed by atoms with Gasteiger partial charge in [0.2, 0.25) is 0 Å². The maximum absolute atomic E-state index is 12.6. The van der Waals surface area contributed by atoms with Crippen LogP contribution in [0.2, 0.25) is 0 Å². The number of phenols is 1. The van der Waals surface area contributed by atoms with E-state index in [1.54, 1.807) is 25.2 Å². The van der Waals surface area contributed by atoms with Gasteiger partial charge in [0.15, 0.2) is 0 Å². The van der Waals surface area contributed by atoms with Gasteiger partial charge in [0, 0.05) is 18.8 Å². The number of aromatic hydroxyl groups is 1. The van der Waals surface area contributed by atoms with Gasteiger partial charge in [-0.1, -0.05) is 12.1 Å². The first kappa shape index (κ1) is 18.7. The molecule has 5 nitrogen and oxygen atoms in total. The van der Waals surface area contributed by atoms with Gasteiger partial charge < -0.3 is 20.8 Å². The summed E-state index contributed by atoms with van der Waals surface area (Å²) < 4.78 is 12.6. The lowest BCUT2D eigenvalue weighted by atomic mass is 9.90. The third kappa shape index (κ3) is 5.46. The molecule has 0 aliphatic carbocycles. The molecule has 1 aliphatic heterocycles. The van der Waals surface area contributed by atoms with E-state index in [9.17, 15) is 14.3 Å². The van der Waals surface area contributed by atoms with Crippen LogP contribution in [0.5, 0.6) is 5.75 Å². The number of piperidine rings is 1. The largest absolute Gasteiger partial charge is 0.507 e. The van der Waals surface area contributed by atoms with E-state index in [-0.39, 0.29) is 17.1 Å². The van der Waals surface area contributed by atoms with Gasteiger partial charge in [0.05, 0.1) is 0 Å². The second-order valence-corrected chi connectivity index (χ2v) is 5.86. The van der Waals surface area contributed by atoms with Crippen molar-refractivity contribution >= 4 is 11.7 Å². The van der Waals surface area contributed by atoms with E-state index in [0.29, 0.717) is 11.6 Å². The minimum atomic E-state index is -1.13. The smallest absolute Gasteiger partial charge is 0.339 e. The van der Waals surface area contributed by atoms with Crippen molar-refractivity contribution < 1.29 is 19.4 Å². The van der Waals surface area contributed by atoms with Gasteiger partial charge in [-0.3, -0.25) is 0 Å². The Morgan fingerprint density at radius 3 is 2.32 bits per heavy atom. The molecule has 1 aliphatic rings. The number of carbonyl (C=O) groups is 1. The van der Waals surface area contributed by atoms with Crippen LogP contribution in [0.4, 0.5) is 10.1 Å². The molecule has 6 heteroatoms. The summed E-state index contributed by atoms with van der Waals surface area (Å²) in [5, 5.41) is 23.8. The second-order valence-electron chi connectivity index (χ2n) is 5.86. The molecule has 0 radical (unpaired) electrons. The van der Waals surface area contributed by atoms with Crippen LogP contribution >= 0.6 is 0 Å². The van der Waals surface area contributed by atoms with Crippen LogP contribution in [0.3, 0.4) is 0 Å². The molecular formula is C19H23FN2O3. The van der Waals surface area contributed by atoms with Crippen LogP contribution in [0.1, 0.15) is 34.7 Å². The summed E-state index contributed by atoms with van der Waals surface area (Å²) in [4.78, 5) is 10.4. The number of nitrogens with one attached hydrogen (secondary N) is 2. The summed E-state index contributed by atoms with van der Waals surface area (Å²) in [5.41, 5.74) is 1.87. The Hall–Kier alpha value is -2.60. The number of hydrogen-bond donors (Lipinski definition) is 4. The van der Waals surface area contributed by atoms with Crippen LogP contribution in [0, 0.1) is 5.82 Å². The zero-order valence-corrected chi connectivity index (χ0v) is 14.1. The SMILES string of the molecule is CNc1ccc(C(=O)O)c(O)c1.Fc1ccc(C2CCNCC2)cc1. The summed E-state index contributed by atoms with van der Waals surface area (Å²) >= 11 is 0. The van der Waals surface area contributed by atoms with Crippen LogP contribution in [0.15, 0.2) is 42.5 Å². The maximum Gasteiger partial charge on any atom is 0.339 e. The van der Waals surface area contributed by atoms with Gasteiger partial charge in [-0.15, -0.1) is 0 Å². The van der Waals surface area contributed by atoms with E-state index in [1.807, 2.05) is 12.1 Å². The topological polar surface area (TPSA) is 81.6 Å². The third-order valence-electron chi connectivity index (χ3n) is 4.20. The van der Waals surface area contributed by atoms with E-state index in [0.717, 1.165) is 13.1 Å². The summed E-state index contributed by atoms with van der Waals surface area (Å²) in [6.07, 6.45) is 2.34. The van der Waals surface area contributed by atoms with Crippen molar-refractivity contribution in [1.29, 1.82) is 0 Å². The second kappa shape index (κ2) is 9.03. The number of anilines is 1. The molecule has 0 aromatic heterocycles. The van der Waals surface area contributed by atoms with Gasteiger partial charge in [-0.05, 0) is 61.7 Å². The fourth-order valence-corrected chi connectivity index (χ4v) is 2.76. The number of benzene rings is 2. The molecule has 25 heavy (non-hydrogen) atoms. The molecule has 0 spiro atoms. The van der Waals surface area contributed by atoms with Crippen LogP contribution in [0.25, 0.3) is 0 Å². The summed E-state index contributed by atoms with van der Waals surface area (Å²) in [6, 6.07) is 11.2. The number of halogens is 1. The lowest BCUT2D eigenvalue weighted by Crippen LogP contribution is -2.26. The number of carboxylic acid groups (broad SMARTS) is 1. The average molecular weight is 346 g/mol. The van der Waals surface area contributed by atoms with E-state index in [4.69, 9.17) is 5.11 Å². The molecule has 0 unspecified atom stereocenters. The van der Waals surface area contributed by atoms with E-state index < -0.39 is 5.97 Å². The monoisotopic (exact) mass is 346 g/mol. The maximum atomic E-state index is 12.6. The number of carboxylic acids is 1. The molecule has 0 saturated carbocycles. The van der Waals surface area contributed by atoms with E-state index in [1.165, 1.54) is 30.5 Å². The molecule has 2 aromatic carbocycles. The highest BCUT2D eigenvalue weighted by Crippen LogP contribution is 2.25. The Labute approximate surface area is 146 Å². The Morgan fingerprint density at radius 1 is 1.16 bits per heavy atom. The zero-order valence-electron chi connectivity index (χ0n) is 14.1. The quantitative estimate of drug-likeness (QED) is 0.685. The van der Waals surface area contributed by atoms with Gasteiger partial charge in [0.25, 0.3) is 0 Å². The van der Waals surface area contributed by atoms with Gasteiger partial charge in [0.1, 0.15) is 17.1 Å². The number of rotatable bonds is 3. The van der Waals surface area contributed by atoms with Crippen LogP contribution < -0.4 is 10.6 Å². The molecule has 0 atom stereocenters. The van der Waals surface area contributed by atoms with Crippen molar-refractivity contribution in [2.75, 3.05) is 25.5 Å². The molecule has 1 heterocycles. The molecule has 1 fully saturated rings. The number of hydrogen-bond acceptors (Lipinski definition) is 4. The molecule has 1 saturated heterocycles. The normalized spacial score (nSPS) is 14.3. The van der Waals surface area contributed by atoms with Crippen molar-refractivity contribution in [3.63, 3.8) is 0 Å². The lowest BCUT2D eigenvalue weighted by Gasteiger charge is -2.22. The minimum Gasteiger partial charge on any atom is -0.507 e. The minimum absolute atomic E-state index is 0.0889. The summed E-state index contributed by atoms with van der Waals surface area (Å²) in [5.74, 6) is -0.871. The molecule has 4 N–H and O–H groups in total. The Bertz CT molecular complexity index is 698. The van der Waals surface area contributed by atoms with E-state index in [2.05, 4.69) is 10.6 Å². The fraction of sp³-hybridized carbons (Fsp3) is 0.316. The summed E-state index contributed by atoms with van der Waals surface area (Å²) in [6.45, 7) is 2.17. The molecule has 3 rings (SSSR count). The predicted octanol–water partition coefficient (Wildman–Crippen LogP) is 3.42. The van der Waals surface area contributed by atoms with Gasteiger partial charge in [-0.2, -0.15) is 0 Å². The third-order valence-corrected chi connectivity index (χ3v) is 4.20. The van der Waals surface area contributed by atoms with Gasteiger partial charge >= 0.3 is 5.97 Å².